The van der Waals surface area contributed by atoms with Crippen molar-refractivity contribution in [3.63, 3.8) is 0 Å². The maximum atomic E-state index is 9.55. The molecule has 0 aromatic heterocycles. The van der Waals surface area contributed by atoms with Gasteiger partial charge in [0.25, 0.3) is 0 Å². The van der Waals surface area contributed by atoms with Crippen molar-refractivity contribution < 1.29 is 5.11 Å². The zero-order chi connectivity index (χ0) is 12.8. The molecule has 0 saturated carbocycles. The number of phenolic OH excluding ortho intramolecular Hbond substituents is 1. The van der Waals surface area contributed by atoms with Crippen molar-refractivity contribution in [2.24, 2.45) is 0 Å². The van der Waals surface area contributed by atoms with E-state index in [4.69, 9.17) is 6.42 Å². The number of hydrogen-bond donors (Lipinski definition) is 1. The number of phenols is 1. The van der Waals surface area contributed by atoms with Crippen LogP contribution in [-0.2, 0) is 6.42 Å². The van der Waals surface area contributed by atoms with Crippen LogP contribution in [0.5, 0.6) is 5.75 Å². The molecule has 2 aromatic rings. The number of rotatable bonds is 1. The van der Waals surface area contributed by atoms with Crippen molar-refractivity contribution in [1.29, 1.82) is 0 Å². The van der Waals surface area contributed by atoms with Gasteiger partial charge >= 0.3 is 0 Å². The second-order valence-corrected chi connectivity index (χ2v) is 3.51. The summed E-state index contributed by atoms with van der Waals surface area (Å²) >= 11 is 0. The summed E-state index contributed by atoms with van der Waals surface area (Å²) in [6.45, 7) is 6.06. The van der Waals surface area contributed by atoms with E-state index in [9.17, 15) is 5.11 Å². The fourth-order valence-electron chi connectivity index (χ4n) is 1.90. The summed E-state index contributed by atoms with van der Waals surface area (Å²) in [6.07, 6.45) is 6.33. The lowest BCUT2D eigenvalue weighted by molar-refractivity contribution is 0.475. The highest BCUT2D eigenvalue weighted by Gasteiger charge is 2.05. The SMILES string of the molecule is C#Cc1cccc2cc(O)cc(CC)c12.CC. The summed E-state index contributed by atoms with van der Waals surface area (Å²) < 4.78 is 0. The molecule has 0 aliphatic heterocycles. The predicted molar refractivity (Wildman–Crippen MR) is 74.3 cm³/mol. The first kappa shape index (κ1) is 13.1. The molecule has 0 atom stereocenters. The number of terminal acetylenes is 1. The van der Waals surface area contributed by atoms with Gasteiger partial charge in [0, 0.05) is 10.9 Å². The second-order valence-electron chi connectivity index (χ2n) is 3.51. The quantitative estimate of drug-likeness (QED) is 0.725. The molecule has 0 aliphatic carbocycles. The van der Waals surface area contributed by atoms with Crippen molar-refractivity contribution in [2.45, 2.75) is 27.2 Å². The Balaban J connectivity index is 0.000000686. The van der Waals surface area contributed by atoms with Gasteiger partial charge in [0.1, 0.15) is 5.75 Å². The largest absolute Gasteiger partial charge is 0.508 e. The lowest BCUT2D eigenvalue weighted by Crippen LogP contribution is -1.87. The van der Waals surface area contributed by atoms with Crippen LogP contribution in [0.15, 0.2) is 30.3 Å². The molecule has 0 unspecified atom stereocenters. The van der Waals surface area contributed by atoms with E-state index in [0.717, 1.165) is 28.3 Å². The summed E-state index contributed by atoms with van der Waals surface area (Å²) in [7, 11) is 0. The summed E-state index contributed by atoms with van der Waals surface area (Å²) in [6, 6.07) is 9.34. The summed E-state index contributed by atoms with van der Waals surface area (Å²) in [5.41, 5.74) is 1.99. The topological polar surface area (TPSA) is 20.2 Å². The molecule has 0 radical (unpaired) electrons. The maximum absolute atomic E-state index is 9.55. The molecular weight excluding hydrogens is 208 g/mol. The summed E-state index contributed by atoms with van der Waals surface area (Å²) in [5.74, 6) is 2.98. The Labute approximate surface area is 103 Å². The van der Waals surface area contributed by atoms with Crippen LogP contribution in [0.3, 0.4) is 0 Å². The zero-order valence-electron chi connectivity index (χ0n) is 10.6. The van der Waals surface area contributed by atoms with Crippen molar-refractivity contribution in [2.75, 3.05) is 0 Å². The molecule has 0 saturated heterocycles. The molecule has 1 nitrogen and oxygen atoms in total. The lowest BCUT2D eigenvalue weighted by atomic mass is 9.98. The number of hydrogen-bond acceptors (Lipinski definition) is 1. The van der Waals surface area contributed by atoms with E-state index in [0.29, 0.717) is 5.75 Å². The molecule has 0 bridgehead atoms. The summed E-state index contributed by atoms with van der Waals surface area (Å²) in [5, 5.41) is 11.6. The van der Waals surface area contributed by atoms with Gasteiger partial charge in [0.05, 0.1) is 0 Å². The van der Waals surface area contributed by atoms with E-state index in [1.807, 2.05) is 32.0 Å². The van der Waals surface area contributed by atoms with Gasteiger partial charge in [-0.2, -0.15) is 0 Å². The second kappa shape index (κ2) is 5.96. The molecule has 1 heteroatoms. The Morgan fingerprint density at radius 3 is 2.53 bits per heavy atom. The van der Waals surface area contributed by atoms with Crippen LogP contribution in [0, 0.1) is 12.3 Å². The van der Waals surface area contributed by atoms with E-state index >= 15 is 0 Å². The molecule has 88 valence electrons. The third-order valence-electron chi connectivity index (χ3n) is 2.58. The third-order valence-corrected chi connectivity index (χ3v) is 2.58. The van der Waals surface area contributed by atoms with Crippen LogP contribution in [0.2, 0.25) is 0 Å². The van der Waals surface area contributed by atoms with Gasteiger partial charge in [-0.05, 0) is 35.6 Å². The van der Waals surface area contributed by atoms with E-state index in [1.54, 1.807) is 12.1 Å². The Kier molecular flexibility index (Phi) is 4.60. The highest BCUT2D eigenvalue weighted by atomic mass is 16.3. The Hall–Kier alpha value is -1.94. The van der Waals surface area contributed by atoms with Gasteiger partial charge in [-0.3, -0.25) is 0 Å². The third kappa shape index (κ3) is 2.60. The molecule has 0 amide bonds. The molecule has 0 heterocycles. The minimum atomic E-state index is 0.300. The predicted octanol–water partition coefficient (Wildman–Crippen LogP) is 4.12. The van der Waals surface area contributed by atoms with Crippen molar-refractivity contribution >= 4 is 10.8 Å². The molecule has 2 aromatic carbocycles. The zero-order valence-corrected chi connectivity index (χ0v) is 10.6. The Morgan fingerprint density at radius 1 is 1.24 bits per heavy atom. The van der Waals surface area contributed by atoms with Crippen molar-refractivity contribution in [3.8, 4) is 18.1 Å². The van der Waals surface area contributed by atoms with Gasteiger partial charge in [0.15, 0.2) is 0 Å². The monoisotopic (exact) mass is 226 g/mol. The van der Waals surface area contributed by atoms with Crippen LogP contribution < -0.4 is 0 Å². The minimum absolute atomic E-state index is 0.300. The highest BCUT2D eigenvalue weighted by molar-refractivity contribution is 5.92. The molecule has 1 N–H and O–H groups in total. The van der Waals surface area contributed by atoms with Gasteiger partial charge < -0.3 is 5.11 Å². The average molecular weight is 226 g/mol. The van der Waals surface area contributed by atoms with Crippen LogP contribution in [-0.4, -0.2) is 5.11 Å². The van der Waals surface area contributed by atoms with Crippen LogP contribution in [0.25, 0.3) is 10.8 Å². The summed E-state index contributed by atoms with van der Waals surface area (Å²) in [4.78, 5) is 0. The Morgan fingerprint density at radius 2 is 1.94 bits per heavy atom. The van der Waals surface area contributed by atoms with Crippen LogP contribution >= 0.6 is 0 Å². The Bertz CT molecular complexity index is 547. The fraction of sp³-hybridized carbons (Fsp3) is 0.250. The normalized spacial score (nSPS) is 9.29. The molecule has 17 heavy (non-hydrogen) atoms. The lowest BCUT2D eigenvalue weighted by Gasteiger charge is -2.07. The van der Waals surface area contributed by atoms with E-state index in [1.165, 1.54) is 0 Å². The van der Waals surface area contributed by atoms with E-state index < -0.39 is 0 Å². The number of aryl methyl sites for hydroxylation is 1. The van der Waals surface area contributed by atoms with Gasteiger partial charge in [-0.15, -0.1) is 6.42 Å². The highest BCUT2D eigenvalue weighted by Crippen LogP contribution is 2.27. The number of benzene rings is 2. The van der Waals surface area contributed by atoms with Gasteiger partial charge in [-0.1, -0.05) is 38.8 Å². The standard InChI is InChI=1S/C14H12O.C2H6/c1-3-10-6-5-7-12-9-13(15)8-11(4-2)14(10)12;1-2/h1,5-9,15H,4H2,2H3;1-2H3. The number of aromatic hydroxyl groups is 1. The molecule has 0 aliphatic rings. The van der Waals surface area contributed by atoms with Crippen molar-refractivity contribution in [1.82, 2.24) is 0 Å². The smallest absolute Gasteiger partial charge is 0.116 e. The molecular formula is C16H18O. The van der Waals surface area contributed by atoms with E-state index in [-0.39, 0.29) is 0 Å². The minimum Gasteiger partial charge on any atom is -0.508 e. The molecule has 0 fully saturated rings. The van der Waals surface area contributed by atoms with Gasteiger partial charge in [0.2, 0.25) is 0 Å². The van der Waals surface area contributed by atoms with Crippen LogP contribution in [0.1, 0.15) is 31.9 Å². The van der Waals surface area contributed by atoms with E-state index in [2.05, 4.69) is 12.8 Å². The van der Waals surface area contributed by atoms with Gasteiger partial charge in [-0.25, -0.2) is 0 Å². The van der Waals surface area contributed by atoms with Crippen molar-refractivity contribution in [3.05, 3.63) is 41.5 Å². The fourth-order valence-corrected chi connectivity index (χ4v) is 1.90. The van der Waals surface area contributed by atoms with Crippen LogP contribution in [0.4, 0.5) is 0 Å². The maximum Gasteiger partial charge on any atom is 0.116 e. The average Bonchev–Trinajstić information content (AvgIpc) is 2.39. The first-order valence-electron chi connectivity index (χ1n) is 5.97. The first-order valence-corrected chi connectivity index (χ1v) is 5.97. The number of fused-ring (bicyclic) bond motifs is 1. The molecule has 2 rings (SSSR count). The molecule has 0 spiro atoms. The first-order chi connectivity index (χ1) is 8.26.